The van der Waals surface area contributed by atoms with Crippen molar-refractivity contribution in [1.82, 2.24) is 4.98 Å². The molecular formula is C40H36F6N6. The number of hydrogen-bond acceptors (Lipinski definition) is 5. The van der Waals surface area contributed by atoms with Gasteiger partial charge in [-0.25, -0.2) is 31.2 Å². The topological polar surface area (TPSA) is 66.7 Å². The Hall–Kier alpha value is -5.44. The lowest BCUT2D eigenvalue weighted by molar-refractivity contribution is 0.505. The van der Waals surface area contributed by atoms with Gasteiger partial charge in [0.1, 0.15) is 23.3 Å². The SMILES string of the molecule is Fc1cc(F)cc(C2CC=NC2)c1.Fc1ccc(C2CC=NC2)cc1F.Fc1cncc(C2CC=NC2)c1.[C-]#[N+]c1cc(F)cc(C2CC=NC2)c1. The van der Waals surface area contributed by atoms with Crippen molar-refractivity contribution in [1.29, 1.82) is 0 Å². The van der Waals surface area contributed by atoms with E-state index in [1.54, 1.807) is 24.5 Å². The lowest BCUT2D eigenvalue weighted by Crippen LogP contribution is -1.99. The standard InChI is InChI=1S/C11H9FN2.2C10H9F2N.C9H9FN2/c1-13-11-5-9(4-10(12)6-11)8-2-3-14-7-8;11-9-3-8(4-10(12)5-9)7-1-2-13-6-7;11-9-2-1-7(5-10(9)12)8-3-4-13-6-8;10-9-3-8(5-12-6-9)7-1-2-11-4-7/h3-6,8H,2,7H2;2-5,7H,1,6H2;1-2,4-5,8H,3,6H2;2-3,5-7H,1,4H2. The lowest BCUT2D eigenvalue weighted by Gasteiger charge is -2.08. The Morgan fingerprint density at radius 3 is 1.38 bits per heavy atom. The number of hydrogen-bond donors (Lipinski definition) is 0. The van der Waals surface area contributed by atoms with Crippen molar-refractivity contribution in [2.75, 3.05) is 26.2 Å². The molecule has 3 aromatic carbocycles. The lowest BCUT2D eigenvalue weighted by atomic mass is 9.97. The molecule has 12 heteroatoms. The van der Waals surface area contributed by atoms with Crippen molar-refractivity contribution in [2.45, 2.75) is 49.4 Å². The minimum absolute atomic E-state index is 0.158. The summed E-state index contributed by atoms with van der Waals surface area (Å²) in [6, 6.07) is 13.7. The second-order valence-electron chi connectivity index (χ2n) is 12.6. The van der Waals surface area contributed by atoms with Crippen LogP contribution in [0.15, 0.2) is 93.0 Å². The van der Waals surface area contributed by atoms with Gasteiger partial charge in [0.15, 0.2) is 17.3 Å². The molecule has 4 aliphatic heterocycles. The van der Waals surface area contributed by atoms with Gasteiger partial charge >= 0.3 is 0 Å². The molecule has 4 unspecified atom stereocenters. The fourth-order valence-corrected chi connectivity index (χ4v) is 6.00. The van der Waals surface area contributed by atoms with Crippen LogP contribution >= 0.6 is 0 Å². The second kappa shape index (κ2) is 18.7. The molecule has 0 aliphatic carbocycles. The first kappa shape index (κ1) is 37.8. The van der Waals surface area contributed by atoms with E-state index in [9.17, 15) is 26.3 Å². The molecule has 0 fully saturated rings. The third-order valence-electron chi connectivity index (χ3n) is 8.85. The molecule has 4 atom stereocenters. The number of rotatable bonds is 4. The summed E-state index contributed by atoms with van der Waals surface area (Å²) in [5.74, 6) is -2.20. The first-order valence-corrected chi connectivity index (χ1v) is 16.8. The van der Waals surface area contributed by atoms with E-state index in [0.29, 0.717) is 36.8 Å². The monoisotopic (exact) mass is 714 g/mol. The van der Waals surface area contributed by atoms with Crippen LogP contribution in [0.2, 0.25) is 0 Å². The average Bonchev–Trinajstić information content (AvgIpc) is 3.98. The van der Waals surface area contributed by atoms with Gasteiger partial charge in [-0.1, -0.05) is 17.7 Å². The van der Waals surface area contributed by atoms with Gasteiger partial charge in [0, 0.05) is 62.1 Å². The van der Waals surface area contributed by atoms with Crippen LogP contribution in [0.3, 0.4) is 0 Å². The van der Waals surface area contributed by atoms with Crippen molar-refractivity contribution < 1.29 is 26.3 Å². The second-order valence-corrected chi connectivity index (χ2v) is 12.6. The third kappa shape index (κ3) is 11.0. The molecule has 0 radical (unpaired) electrons. The van der Waals surface area contributed by atoms with Gasteiger partial charge in [0.2, 0.25) is 0 Å². The Balaban J connectivity index is 0.000000134. The van der Waals surface area contributed by atoms with E-state index in [4.69, 9.17) is 6.57 Å². The van der Waals surface area contributed by atoms with Gasteiger partial charge in [-0.3, -0.25) is 25.0 Å². The summed E-state index contributed by atoms with van der Waals surface area (Å²) in [5, 5.41) is 0. The molecule has 4 aliphatic rings. The van der Waals surface area contributed by atoms with Crippen LogP contribution in [-0.2, 0) is 0 Å². The Kier molecular flexibility index (Phi) is 13.6. The molecular weight excluding hydrogens is 678 g/mol. The fraction of sp³-hybridized carbons (Fsp3) is 0.300. The first-order chi connectivity index (χ1) is 25.2. The zero-order valence-corrected chi connectivity index (χ0v) is 28.2. The van der Waals surface area contributed by atoms with E-state index in [1.807, 2.05) is 18.6 Å². The third-order valence-corrected chi connectivity index (χ3v) is 8.85. The van der Waals surface area contributed by atoms with Gasteiger partial charge in [0.25, 0.3) is 0 Å². The number of nitrogens with zero attached hydrogens (tertiary/aromatic N) is 6. The van der Waals surface area contributed by atoms with E-state index >= 15 is 0 Å². The smallest absolute Gasteiger partial charge is 0.190 e. The van der Waals surface area contributed by atoms with E-state index in [0.717, 1.165) is 55.0 Å². The van der Waals surface area contributed by atoms with Crippen LogP contribution in [0.5, 0.6) is 0 Å². The van der Waals surface area contributed by atoms with Crippen LogP contribution in [0.4, 0.5) is 32.0 Å². The van der Waals surface area contributed by atoms with Crippen LogP contribution < -0.4 is 0 Å². The highest BCUT2D eigenvalue weighted by Gasteiger charge is 2.18. The van der Waals surface area contributed by atoms with Crippen LogP contribution in [0, 0.1) is 41.5 Å². The molecule has 52 heavy (non-hydrogen) atoms. The van der Waals surface area contributed by atoms with Crippen LogP contribution in [-0.4, -0.2) is 56.0 Å². The van der Waals surface area contributed by atoms with E-state index in [1.165, 1.54) is 48.7 Å². The summed E-state index contributed by atoms with van der Waals surface area (Å²) >= 11 is 0. The highest BCUT2D eigenvalue weighted by Crippen LogP contribution is 2.28. The van der Waals surface area contributed by atoms with Crippen molar-refractivity contribution in [3.8, 4) is 0 Å². The maximum Gasteiger partial charge on any atom is 0.190 e. The highest BCUT2D eigenvalue weighted by molar-refractivity contribution is 5.63. The minimum atomic E-state index is -0.789. The first-order valence-electron chi connectivity index (χ1n) is 16.8. The van der Waals surface area contributed by atoms with Crippen LogP contribution in [0.1, 0.15) is 71.6 Å². The van der Waals surface area contributed by atoms with E-state index < -0.39 is 23.3 Å². The number of benzene rings is 3. The van der Waals surface area contributed by atoms with Gasteiger partial charge in [-0.15, -0.1) is 0 Å². The van der Waals surface area contributed by atoms with Gasteiger partial charge in [-0.2, -0.15) is 0 Å². The highest BCUT2D eigenvalue weighted by atomic mass is 19.2. The minimum Gasteiger partial charge on any atom is -0.297 e. The molecule has 0 saturated heterocycles. The fourth-order valence-electron chi connectivity index (χ4n) is 6.00. The molecule has 6 nitrogen and oxygen atoms in total. The summed E-state index contributed by atoms with van der Waals surface area (Å²) in [5.41, 5.74) is 3.74. The van der Waals surface area contributed by atoms with Gasteiger partial charge in [0.05, 0.1) is 12.8 Å². The van der Waals surface area contributed by atoms with E-state index in [-0.39, 0.29) is 29.4 Å². The molecule has 0 bridgehead atoms. The molecule has 268 valence electrons. The number of halogens is 6. The average molecular weight is 715 g/mol. The molecule has 0 saturated carbocycles. The summed E-state index contributed by atoms with van der Waals surface area (Å²) in [6.07, 6.45) is 13.7. The maximum absolute atomic E-state index is 13.1. The predicted octanol–water partition coefficient (Wildman–Crippen LogP) is 9.76. The Labute approximate surface area is 298 Å². The molecule has 4 aromatic rings. The normalized spacial score (nSPS) is 20.7. The van der Waals surface area contributed by atoms with Crippen molar-refractivity contribution in [3.05, 3.63) is 142 Å². The molecule has 5 heterocycles. The Bertz CT molecular complexity index is 1940. The molecule has 0 N–H and O–H groups in total. The quantitative estimate of drug-likeness (QED) is 0.153. The van der Waals surface area contributed by atoms with Crippen molar-refractivity contribution >= 4 is 30.5 Å². The van der Waals surface area contributed by atoms with E-state index in [2.05, 4.69) is 29.8 Å². The molecule has 8 rings (SSSR count). The number of pyridine rings is 1. The zero-order valence-electron chi connectivity index (χ0n) is 28.2. The zero-order chi connectivity index (χ0) is 36.9. The molecule has 0 amide bonds. The molecule has 1 aromatic heterocycles. The van der Waals surface area contributed by atoms with Crippen LogP contribution in [0.25, 0.3) is 4.85 Å². The molecule has 0 spiro atoms. The summed E-state index contributed by atoms with van der Waals surface area (Å²) in [4.78, 5) is 23.3. The summed E-state index contributed by atoms with van der Waals surface area (Å²) in [7, 11) is 0. The summed E-state index contributed by atoms with van der Waals surface area (Å²) in [6.45, 7) is 9.64. The van der Waals surface area contributed by atoms with Gasteiger partial charge < -0.3 is 0 Å². The maximum atomic E-state index is 13.1. The number of aliphatic imine (C=N–C) groups is 4. The van der Waals surface area contributed by atoms with Crippen molar-refractivity contribution in [3.63, 3.8) is 0 Å². The largest absolute Gasteiger partial charge is 0.297 e. The Morgan fingerprint density at radius 2 is 0.923 bits per heavy atom. The Morgan fingerprint density at radius 1 is 0.462 bits per heavy atom. The number of aromatic nitrogens is 1. The predicted molar refractivity (Wildman–Crippen MR) is 192 cm³/mol. The van der Waals surface area contributed by atoms with Crippen molar-refractivity contribution in [2.24, 2.45) is 20.0 Å². The summed E-state index contributed by atoms with van der Waals surface area (Å²) < 4.78 is 76.8. The van der Waals surface area contributed by atoms with Gasteiger partial charge in [-0.05, 0) is 110 Å².